The number of rotatable bonds is 7. The molecule has 0 aliphatic heterocycles. The van der Waals surface area contributed by atoms with Crippen LogP contribution in [-0.4, -0.2) is 13.0 Å². The zero-order valence-corrected chi connectivity index (χ0v) is 17.8. The van der Waals surface area contributed by atoms with Gasteiger partial charge in [0.2, 0.25) is 0 Å². The van der Waals surface area contributed by atoms with Crippen LogP contribution in [0.4, 0.5) is 5.69 Å². The lowest BCUT2D eigenvalue weighted by atomic mass is 10.1. The Morgan fingerprint density at radius 1 is 1.00 bits per heavy atom. The number of anilines is 1. The summed E-state index contributed by atoms with van der Waals surface area (Å²) >= 11 is 0. The van der Waals surface area contributed by atoms with Gasteiger partial charge in [-0.25, -0.2) is 0 Å². The standard InChI is InChI=1S/C26H24N2O3/c1-18-8-7-9-19(2)25(18)28-26(29)22(16-27)14-21-12-13-23(30-3)24(15-21)31-17-20-10-5-4-6-11-20/h4-15H,17H2,1-3H3,(H,28,29)/b22-14+. The van der Waals surface area contributed by atoms with Gasteiger partial charge in [0.1, 0.15) is 18.2 Å². The first-order valence-corrected chi connectivity index (χ1v) is 9.86. The average Bonchev–Trinajstić information content (AvgIpc) is 2.79. The van der Waals surface area contributed by atoms with Gasteiger partial charge in [-0.3, -0.25) is 4.79 Å². The van der Waals surface area contributed by atoms with Crippen molar-refractivity contribution in [2.24, 2.45) is 0 Å². The van der Waals surface area contributed by atoms with E-state index in [-0.39, 0.29) is 5.57 Å². The molecule has 0 spiro atoms. The molecule has 0 unspecified atom stereocenters. The van der Waals surface area contributed by atoms with Crippen molar-refractivity contribution in [1.29, 1.82) is 5.26 Å². The summed E-state index contributed by atoms with van der Waals surface area (Å²) < 4.78 is 11.3. The highest BCUT2D eigenvalue weighted by atomic mass is 16.5. The Labute approximate surface area is 182 Å². The molecule has 0 saturated carbocycles. The molecule has 0 aromatic heterocycles. The Bertz CT molecular complexity index is 1120. The number of ether oxygens (including phenoxy) is 2. The minimum atomic E-state index is -0.456. The highest BCUT2D eigenvalue weighted by Gasteiger charge is 2.13. The van der Waals surface area contributed by atoms with Crippen molar-refractivity contribution in [1.82, 2.24) is 0 Å². The van der Waals surface area contributed by atoms with Crippen LogP contribution in [0.25, 0.3) is 6.08 Å². The second kappa shape index (κ2) is 10.1. The molecular formula is C26H24N2O3. The smallest absolute Gasteiger partial charge is 0.266 e. The van der Waals surface area contributed by atoms with E-state index < -0.39 is 5.91 Å². The van der Waals surface area contributed by atoms with Crippen LogP contribution in [0.15, 0.2) is 72.3 Å². The number of hydrogen-bond acceptors (Lipinski definition) is 4. The highest BCUT2D eigenvalue weighted by Crippen LogP contribution is 2.30. The average molecular weight is 412 g/mol. The van der Waals surface area contributed by atoms with Crippen LogP contribution in [0.2, 0.25) is 0 Å². The van der Waals surface area contributed by atoms with Gasteiger partial charge in [0.15, 0.2) is 11.5 Å². The molecule has 1 amide bonds. The maximum atomic E-state index is 12.7. The Hall–Kier alpha value is -4.04. The summed E-state index contributed by atoms with van der Waals surface area (Å²) in [5.74, 6) is 0.654. The van der Waals surface area contributed by atoms with Gasteiger partial charge in [-0.2, -0.15) is 5.26 Å². The van der Waals surface area contributed by atoms with Gasteiger partial charge < -0.3 is 14.8 Å². The van der Waals surface area contributed by atoms with Crippen molar-refractivity contribution in [3.05, 3.63) is 94.6 Å². The number of nitriles is 1. The van der Waals surface area contributed by atoms with E-state index in [1.54, 1.807) is 25.3 Å². The third kappa shape index (κ3) is 5.52. The molecule has 0 fully saturated rings. The summed E-state index contributed by atoms with van der Waals surface area (Å²) in [6.07, 6.45) is 1.54. The lowest BCUT2D eigenvalue weighted by Gasteiger charge is -2.12. The van der Waals surface area contributed by atoms with Gasteiger partial charge >= 0.3 is 0 Å². The molecule has 3 aromatic carbocycles. The van der Waals surface area contributed by atoms with Crippen LogP contribution in [0, 0.1) is 25.2 Å². The summed E-state index contributed by atoms with van der Waals surface area (Å²) in [5, 5.41) is 12.4. The van der Waals surface area contributed by atoms with Gasteiger partial charge in [-0.05, 0) is 54.3 Å². The Balaban J connectivity index is 1.83. The van der Waals surface area contributed by atoms with Gasteiger partial charge in [-0.15, -0.1) is 0 Å². The predicted octanol–water partition coefficient (Wildman–Crippen LogP) is 5.44. The summed E-state index contributed by atoms with van der Waals surface area (Å²) in [4.78, 5) is 12.7. The maximum Gasteiger partial charge on any atom is 0.266 e. The molecule has 0 heterocycles. The van der Waals surface area contributed by atoms with Crippen LogP contribution >= 0.6 is 0 Å². The lowest BCUT2D eigenvalue weighted by Crippen LogP contribution is -2.15. The van der Waals surface area contributed by atoms with Crippen LogP contribution < -0.4 is 14.8 Å². The molecule has 5 nitrogen and oxygen atoms in total. The van der Waals surface area contributed by atoms with E-state index in [0.29, 0.717) is 23.7 Å². The van der Waals surface area contributed by atoms with Crippen LogP contribution in [0.5, 0.6) is 11.5 Å². The Morgan fingerprint density at radius 2 is 1.71 bits per heavy atom. The van der Waals surface area contributed by atoms with Gasteiger partial charge in [-0.1, -0.05) is 54.6 Å². The molecule has 0 atom stereocenters. The number of carbonyl (C=O) groups excluding carboxylic acids is 1. The van der Waals surface area contributed by atoms with E-state index in [0.717, 1.165) is 22.4 Å². The fraction of sp³-hybridized carbons (Fsp3) is 0.154. The van der Waals surface area contributed by atoms with Crippen molar-refractivity contribution < 1.29 is 14.3 Å². The topological polar surface area (TPSA) is 71.3 Å². The zero-order chi connectivity index (χ0) is 22.2. The molecule has 3 rings (SSSR count). The van der Waals surface area contributed by atoms with E-state index in [9.17, 15) is 10.1 Å². The summed E-state index contributed by atoms with van der Waals surface area (Å²) in [6, 6.07) is 22.8. The number of nitrogens with zero attached hydrogens (tertiary/aromatic N) is 1. The first-order chi connectivity index (χ1) is 15.0. The zero-order valence-electron chi connectivity index (χ0n) is 17.8. The largest absolute Gasteiger partial charge is 0.493 e. The molecular weight excluding hydrogens is 388 g/mol. The van der Waals surface area contributed by atoms with E-state index in [1.165, 1.54) is 6.08 Å². The summed E-state index contributed by atoms with van der Waals surface area (Å²) in [6.45, 7) is 4.21. The molecule has 3 aromatic rings. The second-order valence-corrected chi connectivity index (χ2v) is 7.08. The number of aryl methyl sites for hydroxylation is 2. The van der Waals surface area contributed by atoms with E-state index in [4.69, 9.17) is 9.47 Å². The maximum absolute atomic E-state index is 12.7. The van der Waals surface area contributed by atoms with Crippen molar-refractivity contribution in [3.63, 3.8) is 0 Å². The first-order valence-electron chi connectivity index (χ1n) is 9.86. The van der Waals surface area contributed by atoms with E-state index >= 15 is 0 Å². The van der Waals surface area contributed by atoms with Gasteiger partial charge in [0, 0.05) is 5.69 Å². The minimum Gasteiger partial charge on any atom is -0.493 e. The molecule has 0 saturated heterocycles. The minimum absolute atomic E-state index is 0.00169. The number of para-hydroxylation sites is 1. The fourth-order valence-corrected chi connectivity index (χ4v) is 3.14. The van der Waals surface area contributed by atoms with Crippen molar-refractivity contribution >= 4 is 17.7 Å². The van der Waals surface area contributed by atoms with Gasteiger partial charge in [0.25, 0.3) is 5.91 Å². The molecule has 5 heteroatoms. The SMILES string of the molecule is COc1ccc(/C=C(\C#N)C(=O)Nc2c(C)cccc2C)cc1OCc1ccccc1. The van der Waals surface area contributed by atoms with Gasteiger partial charge in [0.05, 0.1) is 7.11 Å². The highest BCUT2D eigenvalue weighted by molar-refractivity contribution is 6.10. The Kier molecular flexibility index (Phi) is 7.08. The predicted molar refractivity (Wildman–Crippen MR) is 122 cm³/mol. The number of hydrogen-bond donors (Lipinski definition) is 1. The summed E-state index contributed by atoms with van der Waals surface area (Å²) in [7, 11) is 1.57. The Morgan fingerprint density at radius 3 is 2.35 bits per heavy atom. The second-order valence-electron chi connectivity index (χ2n) is 7.08. The van der Waals surface area contributed by atoms with Crippen LogP contribution in [0.1, 0.15) is 22.3 Å². The van der Waals surface area contributed by atoms with Crippen molar-refractivity contribution in [2.45, 2.75) is 20.5 Å². The molecule has 0 aliphatic rings. The number of nitrogens with one attached hydrogen (secondary N) is 1. The van der Waals surface area contributed by atoms with Crippen LogP contribution in [0.3, 0.4) is 0 Å². The first kappa shape index (κ1) is 21.7. The number of carbonyl (C=O) groups is 1. The molecule has 0 radical (unpaired) electrons. The summed E-state index contributed by atoms with van der Waals surface area (Å²) in [5.41, 5.74) is 4.28. The normalized spacial score (nSPS) is 10.8. The monoisotopic (exact) mass is 412 g/mol. The van der Waals surface area contributed by atoms with E-state index in [2.05, 4.69) is 5.32 Å². The fourth-order valence-electron chi connectivity index (χ4n) is 3.14. The van der Waals surface area contributed by atoms with E-state index in [1.807, 2.05) is 68.4 Å². The third-order valence-corrected chi connectivity index (χ3v) is 4.82. The van der Waals surface area contributed by atoms with Crippen molar-refractivity contribution in [3.8, 4) is 17.6 Å². The molecule has 31 heavy (non-hydrogen) atoms. The number of amides is 1. The number of methoxy groups -OCH3 is 1. The van der Waals surface area contributed by atoms with Crippen molar-refractivity contribution in [2.75, 3.05) is 12.4 Å². The third-order valence-electron chi connectivity index (χ3n) is 4.82. The molecule has 0 aliphatic carbocycles. The van der Waals surface area contributed by atoms with Crippen LogP contribution in [-0.2, 0) is 11.4 Å². The molecule has 1 N–H and O–H groups in total. The molecule has 0 bridgehead atoms. The lowest BCUT2D eigenvalue weighted by molar-refractivity contribution is -0.112. The quantitative estimate of drug-likeness (QED) is 0.414. The number of benzene rings is 3. The molecule has 156 valence electrons.